The normalized spacial score (nSPS) is 11.1. The van der Waals surface area contributed by atoms with Crippen molar-refractivity contribution in [2.45, 2.75) is 23.2 Å². The number of carbonyl (C=O) groups excluding carboxylic acids is 1. The summed E-state index contributed by atoms with van der Waals surface area (Å²) < 4.78 is 15.0. The molecule has 0 atom stereocenters. The Bertz CT molecular complexity index is 1340. The van der Waals surface area contributed by atoms with Gasteiger partial charge in [-0.2, -0.15) is 10.2 Å². The molecule has 0 saturated carbocycles. The van der Waals surface area contributed by atoms with E-state index < -0.39 is 0 Å². The van der Waals surface area contributed by atoms with Crippen molar-refractivity contribution in [3.05, 3.63) is 109 Å². The molecule has 7 nitrogen and oxygen atoms in total. The topological polar surface area (TPSA) is 84.5 Å². The van der Waals surface area contributed by atoms with Crippen LogP contribution in [-0.4, -0.2) is 26.4 Å². The zero-order valence-electron chi connectivity index (χ0n) is 20.0. The van der Waals surface area contributed by atoms with Gasteiger partial charge in [-0.25, -0.2) is 4.39 Å². The molecule has 0 aliphatic carbocycles. The molecular weight excluding hydrogens is 507 g/mol. The Kier molecular flexibility index (Phi) is 9.61. The second-order valence-electron chi connectivity index (χ2n) is 7.84. The van der Waals surface area contributed by atoms with Crippen LogP contribution in [0.15, 0.2) is 107 Å². The summed E-state index contributed by atoms with van der Waals surface area (Å²) in [5, 5.41) is 20.5. The average Bonchev–Trinajstić information content (AvgIpc) is 3.30. The summed E-state index contributed by atoms with van der Waals surface area (Å²) in [6, 6.07) is 23.1. The molecular formula is C27H25FN6OS2. The van der Waals surface area contributed by atoms with Gasteiger partial charge in [-0.3, -0.25) is 4.79 Å². The maximum Gasteiger partial charge on any atom is 0.234 e. The van der Waals surface area contributed by atoms with Crippen LogP contribution in [0, 0.1) is 5.82 Å². The Morgan fingerprint density at radius 1 is 0.946 bits per heavy atom. The van der Waals surface area contributed by atoms with Gasteiger partial charge in [0, 0.05) is 18.0 Å². The summed E-state index contributed by atoms with van der Waals surface area (Å²) in [4.78, 5) is 12.5. The lowest BCUT2D eigenvalue weighted by Crippen LogP contribution is -2.14. The van der Waals surface area contributed by atoms with E-state index in [-0.39, 0.29) is 17.5 Å². The summed E-state index contributed by atoms with van der Waals surface area (Å²) >= 11 is 2.99. The lowest BCUT2D eigenvalue weighted by molar-refractivity contribution is -0.113. The minimum absolute atomic E-state index is 0.149. The lowest BCUT2D eigenvalue weighted by atomic mass is 10.2. The Morgan fingerprint density at radius 3 is 2.35 bits per heavy atom. The number of nitrogens with zero attached hydrogens (tertiary/aromatic N) is 5. The number of rotatable bonds is 12. The van der Waals surface area contributed by atoms with Crippen molar-refractivity contribution in [1.82, 2.24) is 14.8 Å². The van der Waals surface area contributed by atoms with Crippen molar-refractivity contribution in [1.29, 1.82) is 0 Å². The number of anilines is 1. The lowest BCUT2D eigenvalue weighted by Gasteiger charge is -2.08. The summed E-state index contributed by atoms with van der Waals surface area (Å²) in [5.74, 6) is 1.97. The van der Waals surface area contributed by atoms with Gasteiger partial charge in [-0.1, -0.05) is 48.2 Å². The molecule has 1 N–H and O–H groups in total. The molecule has 3 aromatic carbocycles. The third kappa shape index (κ3) is 8.12. The molecule has 0 aliphatic heterocycles. The Morgan fingerprint density at radius 2 is 1.65 bits per heavy atom. The van der Waals surface area contributed by atoms with E-state index in [0.29, 0.717) is 28.8 Å². The van der Waals surface area contributed by atoms with Crippen molar-refractivity contribution in [2.24, 2.45) is 10.2 Å². The number of benzene rings is 3. The van der Waals surface area contributed by atoms with Crippen LogP contribution in [0.2, 0.25) is 0 Å². The third-order valence-corrected chi connectivity index (χ3v) is 7.01. The van der Waals surface area contributed by atoms with Gasteiger partial charge in [0.2, 0.25) is 5.91 Å². The molecule has 0 aliphatic rings. The summed E-state index contributed by atoms with van der Waals surface area (Å²) in [6.45, 7) is 4.36. The van der Waals surface area contributed by atoms with Crippen LogP contribution < -0.4 is 5.32 Å². The van der Waals surface area contributed by atoms with Gasteiger partial charge in [0.1, 0.15) is 11.6 Å². The van der Waals surface area contributed by atoms with Gasteiger partial charge in [0.25, 0.3) is 0 Å². The maximum atomic E-state index is 13.1. The summed E-state index contributed by atoms with van der Waals surface area (Å²) in [5.41, 5.74) is 3.18. The minimum atomic E-state index is -0.243. The first-order valence-electron chi connectivity index (χ1n) is 11.5. The monoisotopic (exact) mass is 532 g/mol. The fraction of sp³-hybridized carbons (Fsp3) is 0.148. The maximum absolute atomic E-state index is 13.1. The highest BCUT2D eigenvalue weighted by Gasteiger charge is 2.14. The average molecular weight is 533 g/mol. The van der Waals surface area contributed by atoms with Crippen LogP contribution in [0.5, 0.6) is 0 Å². The number of carbonyl (C=O) groups is 1. The smallest absolute Gasteiger partial charge is 0.234 e. The molecule has 1 amide bonds. The standard InChI is InChI=1S/C27H25FN6OS2/c1-2-16-34-25(18-36-17-20-8-10-21(28)11-9-20)32-33-27(34)37-19-26(35)29-22-12-14-24(15-13-22)31-30-23-6-4-3-5-7-23/h2-15H,1,16-19H2,(H,29,35). The van der Waals surface area contributed by atoms with Crippen LogP contribution in [0.1, 0.15) is 11.4 Å². The first-order chi connectivity index (χ1) is 18.1. The van der Waals surface area contributed by atoms with Crippen molar-refractivity contribution >= 4 is 46.5 Å². The van der Waals surface area contributed by atoms with E-state index in [9.17, 15) is 9.18 Å². The summed E-state index contributed by atoms with van der Waals surface area (Å²) in [7, 11) is 0. The van der Waals surface area contributed by atoms with E-state index in [1.807, 2.05) is 34.9 Å². The molecule has 37 heavy (non-hydrogen) atoms. The van der Waals surface area contributed by atoms with Crippen LogP contribution >= 0.6 is 23.5 Å². The number of hydrogen-bond acceptors (Lipinski definition) is 7. The van der Waals surface area contributed by atoms with E-state index in [0.717, 1.165) is 22.8 Å². The molecule has 10 heteroatoms. The number of amides is 1. The fourth-order valence-corrected chi connectivity index (χ4v) is 4.93. The Balaban J connectivity index is 1.27. The molecule has 0 fully saturated rings. The van der Waals surface area contributed by atoms with E-state index >= 15 is 0 Å². The molecule has 0 spiro atoms. The SMILES string of the molecule is C=CCn1c(CSCc2ccc(F)cc2)nnc1SCC(=O)Nc1ccc(N=Nc2ccccc2)cc1. The van der Waals surface area contributed by atoms with Gasteiger partial charge in [0.05, 0.1) is 22.9 Å². The molecule has 0 saturated heterocycles. The molecule has 1 heterocycles. The Hall–Kier alpha value is -3.76. The number of halogens is 1. The van der Waals surface area contributed by atoms with E-state index in [4.69, 9.17) is 0 Å². The van der Waals surface area contributed by atoms with Crippen LogP contribution in [0.25, 0.3) is 0 Å². The van der Waals surface area contributed by atoms with Crippen LogP contribution in [-0.2, 0) is 22.8 Å². The largest absolute Gasteiger partial charge is 0.325 e. The van der Waals surface area contributed by atoms with Gasteiger partial charge in [-0.15, -0.1) is 28.5 Å². The van der Waals surface area contributed by atoms with Crippen LogP contribution in [0.4, 0.5) is 21.5 Å². The van der Waals surface area contributed by atoms with Crippen molar-refractivity contribution < 1.29 is 9.18 Å². The number of azo groups is 1. The number of aromatic nitrogens is 3. The van der Waals surface area contributed by atoms with Crippen LogP contribution in [0.3, 0.4) is 0 Å². The molecule has 4 rings (SSSR count). The molecule has 0 bridgehead atoms. The fourth-order valence-electron chi connectivity index (χ4n) is 3.23. The second-order valence-corrected chi connectivity index (χ2v) is 9.76. The number of hydrogen-bond donors (Lipinski definition) is 1. The molecule has 188 valence electrons. The van der Waals surface area contributed by atoms with E-state index in [1.54, 1.807) is 54.2 Å². The highest BCUT2D eigenvalue weighted by molar-refractivity contribution is 7.99. The van der Waals surface area contributed by atoms with Gasteiger partial charge in [0.15, 0.2) is 5.16 Å². The summed E-state index contributed by atoms with van der Waals surface area (Å²) in [6.07, 6.45) is 1.78. The van der Waals surface area contributed by atoms with Gasteiger partial charge >= 0.3 is 0 Å². The highest BCUT2D eigenvalue weighted by atomic mass is 32.2. The van der Waals surface area contributed by atoms with Crippen molar-refractivity contribution in [2.75, 3.05) is 11.1 Å². The van der Waals surface area contributed by atoms with Crippen molar-refractivity contribution in [3.63, 3.8) is 0 Å². The third-order valence-electron chi connectivity index (χ3n) is 5.04. The predicted octanol–water partition coefficient (Wildman–Crippen LogP) is 7.18. The molecule has 4 aromatic rings. The van der Waals surface area contributed by atoms with E-state index in [1.165, 1.54) is 23.9 Å². The molecule has 0 unspecified atom stereocenters. The van der Waals surface area contributed by atoms with E-state index in [2.05, 4.69) is 32.3 Å². The highest BCUT2D eigenvalue weighted by Crippen LogP contribution is 2.23. The molecule has 0 radical (unpaired) electrons. The Labute approximate surface area is 223 Å². The molecule has 1 aromatic heterocycles. The number of nitrogens with one attached hydrogen (secondary N) is 1. The van der Waals surface area contributed by atoms with Gasteiger partial charge in [-0.05, 0) is 54.1 Å². The van der Waals surface area contributed by atoms with Gasteiger partial charge < -0.3 is 9.88 Å². The quantitative estimate of drug-likeness (QED) is 0.119. The van der Waals surface area contributed by atoms with Crippen molar-refractivity contribution in [3.8, 4) is 0 Å². The predicted molar refractivity (Wildman–Crippen MR) is 148 cm³/mol. The minimum Gasteiger partial charge on any atom is -0.325 e. The first kappa shape index (κ1) is 26.3. The zero-order chi connectivity index (χ0) is 25.9. The number of thioether (sulfide) groups is 2. The number of allylic oxidation sites excluding steroid dienone is 1. The second kappa shape index (κ2) is 13.5. The first-order valence-corrected chi connectivity index (χ1v) is 13.6. The zero-order valence-corrected chi connectivity index (χ0v) is 21.6.